The highest BCUT2D eigenvalue weighted by Gasteiger charge is 2.16. The van der Waals surface area contributed by atoms with Gasteiger partial charge in [0.05, 0.1) is 0 Å². The molecule has 1 fully saturated rings. The van der Waals surface area contributed by atoms with Crippen molar-refractivity contribution >= 4 is 0 Å². The van der Waals surface area contributed by atoms with Crippen LogP contribution < -0.4 is 5.32 Å². The van der Waals surface area contributed by atoms with Gasteiger partial charge in [-0.1, -0.05) is 23.8 Å². The summed E-state index contributed by atoms with van der Waals surface area (Å²) in [6, 6.07) is 6.73. The lowest BCUT2D eigenvalue weighted by Gasteiger charge is -2.29. The second kappa shape index (κ2) is 6.35. The molecule has 1 aliphatic heterocycles. The van der Waals surface area contributed by atoms with Crippen molar-refractivity contribution in [1.29, 1.82) is 0 Å². The molecule has 1 aliphatic rings. The largest absolute Gasteiger partial charge is 0.312 e. The van der Waals surface area contributed by atoms with Crippen molar-refractivity contribution in [2.24, 2.45) is 5.92 Å². The van der Waals surface area contributed by atoms with Crippen molar-refractivity contribution < 1.29 is 0 Å². The molecule has 2 rings (SSSR count). The molecule has 1 N–H and O–H groups in total. The third kappa shape index (κ3) is 3.82. The fraction of sp³-hybridized carbons (Fsp3) is 0.625. The normalized spacial score (nSPS) is 21.2. The third-order valence-corrected chi connectivity index (χ3v) is 3.97. The summed E-state index contributed by atoms with van der Waals surface area (Å²) in [5.74, 6) is 0.828. The summed E-state index contributed by atoms with van der Waals surface area (Å²) in [5, 5.41) is 3.63. The molecule has 0 aliphatic carbocycles. The topological polar surface area (TPSA) is 15.3 Å². The maximum atomic E-state index is 3.63. The molecule has 1 unspecified atom stereocenters. The number of hydrogen-bond donors (Lipinski definition) is 1. The molecule has 100 valence electrons. The molecule has 0 bridgehead atoms. The van der Waals surface area contributed by atoms with Gasteiger partial charge in [0.2, 0.25) is 0 Å². The predicted octanol–water partition coefficient (Wildman–Crippen LogP) is 2.73. The van der Waals surface area contributed by atoms with E-state index in [0.29, 0.717) is 0 Å². The number of rotatable bonds is 4. The van der Waals surface area contributed by atoms with Crippen molar-refractivity contribution in [2.75, 3.05) is 26.7 Å². The van der Waals surface area contributed by atoms with Crippen molar-refractivity contribution in [2.45, 2.75) is 33.2 Å². The first-order chi connectivity index (χ1) is 8.65. The second-order valence-corrected chi connectivity index (χ2v) is 5.83. The first-order valence-electron chi connectivity index (χ1n) is 7.10. The molecule has 1 atom stereocenters. The van der Waals surface area contributed by atoms with E-state index in [4.69, 9.17) is 0 Å². The average Bonchev–Trinajstić information content (AvgIpc) is 2.32. The standard InChI is InChI=1S/C16H26N2/c1-13-6-7-16(14(2)9-13)11-17-10-15-5-4-8-18(3)12-15/h6-7,9,15,17H,4-5,8,10-12H2,1-3H3. The lowest BCUT2D eigenvalue weighted by atomic mass is 9.98. The van der Waals surface area contributed by atoms with E-state index >= 15 is 0 Å². The zero-order valence-corrected chi connectivity index (χ0v) is 12.0. The second-order valence-electron chi connectivity index (χ2n) is 5.83. The van der Waals surface area contributed by atoms with E-state index in [0.717, 1.165) is 19.0 Å². The van der Waals surface area contributed by atoms with Gasteiger partial charge in [0.15, 0.2) is 0 Å². The zero-order valence-electron chi connectivity index (χ0n) is 12.0. The smallest absolute Gasteiger partial charge is 0.0208 e. The highest BCUT2D eigenvalue weighted by Crippen LogP contribution is 2.15. The predicted molar refractivity (Wildman–Crippen MR) is 77.8 cm³/mol. The van der Waals surface area contributed by atoms with Gasteiger partial charge in [-0.2, -0.15) is 0 Å². The molecule has 0 spiro atoms. The van der Waals surface area contributed by atoms with Gasteiger partial charge in [0.1, 0.15) is 0 Å². The van der Waals surface area contributed by atoms with Gasteiger partial charge in [-0.05, 0) is 63.9 Å². The fourth-order valence-corrected chi connectivity index (χ4v) is 2.89. The Morgan fingerprint density at radius 2 is 2.17 bits per heavy atom. The van der Waals surface area contributed by atoms with Crippen LogP contribution in [0.4, 0.5) is 0 Å². The minimum absolute atomic E-state index is 0.828. The number of likely N-dealkylation sites (tertiary alicyclic amines) is 1. The molecule has 1 heterocycles. The van der Waals surface area contributed by atoms with Gasteiger partial charge in [0, 0.05) is 13.1 Å². The minimum atomic E-state index is 0.828. The van der Waals surface area contributed by atoms with Crippen molar-refractivity contribution in [1.82, 2.24) is 10.2 Å². The maximum absolute atomic E-state index is 3.63. The number of nitrogens with zero attached hydrogens (tertiary/aromatic N) is 1. The Morgan fingerprint density at radius 3 is 2.89 bits per heavy atom. The Kier molecular flexibility index (Phi) is 4.79. The van der Waals surface area contributed by atoms with Crippen LogP contribution in [-0.2, 0) is 6.54 Å². The molecule has 0 aromatic heterocycles. The van der Waals surface area contributed by atoms with Crippen molar-refractivity contribution in [3.63, 3.8) is 0 Å². The van der Waals surface area contributed by atoms with E-state index < -0.39 is 0 Å². The summed E-state index contributed by atoms with van der Waals surface area (Å²) in [4.78, 5) is 2.45. The molecule has 1 aromatic rings. The van der Waals surface area contributed by atoms with Crippen molar-refractivity contribution in [3.8, 4) is 0 Å². The summed E-state index contributed by atoms with van der Waals surface area (Å²) in [5.41, 5.74) is 4.19. The zero-order chi connectivity index (χ0) is 13.0. The van der Waals surface area contributed by atoms with Gasteiger partial charge in [-0.3, -0.25) is 0 Å². The highest BCUT2D eigenvalue weighted by atomic mass is 15.1. The van der Waals surface area contributed by atoms with E-state index in [-0.39, 0.29) is 0 Å². The number of aryl methyl sites for hydroxylation is 2. The summed E-state index contributed by atoms with van der Waals surface area (Å²) >= 11 is 0. The molecular weight excluding hydrogens is 220 g/mol. The molecule has 2 nitrogen and oxygen atoms in total. The lowest BCUT2D eigenvalue weighted by Crippen LogP contribution is -2.37. The van der Waals surface area contributed by atoms with Crippen LogP contribution in [0, 0.1) is 19.8 Å². The molecule has 18 heavy (non-hydrogen) atoms. The Bertz CT molecular complexity index is 387. The molecule has 1 saturated heterocycles. The van der Waals surface area contributed by atoms with Crippen LogP contribution >= 0.6 is 0 Å². The molecule has 0 amide bonds. The van der Waals surface area contributed by atoms with Gasteiger partial charge in [-0.15, -0.1) is 0 Å². The Balaban J connectivity index is 1.77. The Labute approximate surface area is 111 Å². The van der Waals surface area contributed by atoms with Crippen LogP contribution in [0.3, 0.4) is 0 Å². The maximum Gasteiger partial charge on any atom is 0.0208 e. The van der Waals surface area contributed by atoms with E-state index in [2.05, 4.69) is 49.3 Å². The van der Waals surface area contributed by atoms with Crippen molar-refractivity contribution in [3.05, 3.63) is 34.9 Å². The Morgan fingerprint density at radius 1 is 1.33 bits per heavy atom. The SMILES string of the molecule is Cc1ccc(CNCC2CCCN(C)C2)c(C)c1. The number of piperidine rings is 1. The number of nitrogens with one attached hydrogen (secondary N) is 1. The third-order valence-electron chi connectivity index (χ3n) is 3.97. The van der Waals surface area contributed by atoms with Gasteiger partial charge >= 0.3 is 0 Å². The molecule has 2 heteroatoms. The summed E-state index contributed by atoms with van der Waals surface area (Å²) < 4.78 is 0. The first kappa shape index (κ1) is 13.6. The fourth-order valence-electron chi connectivity index (χ4n) is 2.89. The van der Waals surface area contributed by atoms with Crippen LogP contribution in [0.5, 0.6) is 0 Å². The lowest BCUT2D eigenvalue weighted by molar-refractivity contribution is 0.206. The molecule has 1 aromatic carbocycles. The average molecular weight is 246 g/mol. The highest BCUT2D eigenvalue weighted by molar-refractivity contribution is 5.30. The van der Waals surface area contributed by atoms with Crippen LogP contribution in [0.2, 0.25) is 0 Å². The quantitative estimate of drug-likeness (QED) is 0.879. The van der Waals surface area contributed by atoms with E-state index in [9.17, 15) is 0 Å². The summed E-state index contributed by atoms with van der Waals surface area (Å²) in [7, 11) is 2.23. The summed E-state index contributed by atoms with van der Waals surface area (Å²) in [6.07, 6.45) is 2.73. The van der Waals surface area contributed by atoms with Gasteiger partial charge in [-0.25, -0.2) is 0 Å². The summed E-state index contributed by atoms with van der Waals surface area (Å²) in [6.45, 7) is 9.04. The van der Waals surface area contributed by atoms with Gasteiger partial charge < -0.3 is 10.2 Å². The minimum Gasteiger partial charge on any atom is -0.312 e. The molecular formula is C16H26N2. The monoisotopic (exact) mass is 246 g/mol. The van der Waals surface area contributed by atoms with Crippen LogP contribution in [0.25, 0.3) is 0 Å². The molecule has 0 saturated carbocycles. The van der Waals surface area contributed by atoms with Crippen LogP contribution in [0.1, 0.15) is 29.5 Å². The van der Waals surface area contributed by atoms with E-state index in [1.165, 1.54) is 42.6 Å². The van der Waals surface area contributed by atoms with Crippen LogP contribution in [0.15, 0.2) is 18.2 Å². The van der Waals surface area contributed by atoms with E-state index in [1.54, 1.807) is 0 Å². The number of benzene rings is 1. The number of hydrogen-bond acceptors (Lipinski definition) is 2. The molecule has 0 radical (unpaired) electrons. The van der Waals surface area contributed by atoms with E-state index in [1.807, 2.05) is 0 Å². The Hall–Kier alpha value is -0.860. The first-order valence-corrected chi connectivity index (χ1v) is 7.10. The van der Waals surface area contributed by atoms with Crippen LogP contribution in [-0.4, -0.2) is 31.6 Å². The van der Waals surface area contributed by atoms with Gasteiger partial charge in [0.25, 0.3) is 0 Å².